The van der Waals surface area contributed by atoms with Gasteiger partial charge in [0.1, 0.15) is 5.78 Å². The summed E-state index contributed by atoms with van der Waals surface area (Å²) >= 11 is 0. The van der Waals surface area contributed by atoms with Gasteiger partial charge in [-0.2, -0.15) is 0 Å². The van der Waals surface area contributed by atoms with Crippen LogP contribution in [-0.4, -0.2) is 52.7 Å². The van der Waals surface area contributed by atoms with Gasteiger partial charge in [-0.25, -0.2) is 0 Å². The first-order valence-electron chi connectivity index (χ1n) is 10.0. The Bertz CT molecular complexity index is 493. The Hall–Kier alpha value is -0.900. The number of piperidine rings is 2. The predicted molar refractivity (Wildman–Crippen MR) is 102 cm³/mol. The number of hydrogen-bond acceptors (Lipinski definition) is 3. The maximum Gasteiger partial charge on any atom is 0.226 e. The van der Waals surface area contributed by atoms with Crippen LogP contribution >= 0.6 is 0 Å². The average Bonchev–Trinajstić information content (AvgIpc) is 2.52. The van der Waals surface area contributed by atoms with Crippen molar-refractivity contribution in [1.82, 2.24) is 9.80 Å². The first-order chi connectivity index (χ1) is 11.4. The second kappa shape index (κ2) is 7.38. The Balaban J connectivity index is 1.91. The third-order valence-electron chi connectivity index (χ3n) is 6.06. The average molecular weight is 351 g/mol. The third-order valence-corrected chi connectivity index (χ3v) is 6.06. The number of carbonyl (C=O) groups is 2. The van der Waals surface area contributed by atoms with Gasteiger partial charge in [-0.1, -0.05) is 20.8 Å². The Morgan fingerprint density at radius 2 is 1.36 bits per heavy atom. The van der Waals surface area contributed by atoms with Crippen LogP contribution in [0.3, 0.4) is 0 Å². The number of carbonyl (C=O) groups excluding carboxylic acids is 2. The van der Waals surface area contributed by atoms with Gasteiger partial charge in [0.2, 0.25) is 5.91 Å². The summed E-state index contributed by atoms with van der Waals surface area (Å²) in [5.74, 6) is 0.949. The van der Waals surface area contributed by atoms with Crippen molar-refractivity contribution in [2.75, 3.05) is 19.6 Å². The number of ketones is 1. The van der Waals surface area contributed by atoms with E-state index in [-0.39, 0.29) is 28.8 Å². The maximum atomic E-state index is 13.0. The zero-order valence-corrected chi connectivity index (χ0v) is 17.4. The van der Waals surface area contributed by atoms with Gasteiger partial charge in [0.15, 0.2) is 0 Å². The largest absolute Gasteiger partial charge is 0.340 e. The van der Waals surface area contributed by atoms with Crippen LogP contribution in [-0.2, 0) is 9.59 Å². The molecular weight excluding hydrogens is 312 g/mol. The molecular formula is C21H38N2O2. The lowest BCUT2D eigenvalue weighted by atomic mass is 9.77. The number of amides is 1. The quantitative estimate of drug-likeness (QED) is 0.762. The van der Waals surface area contributed by atoms with E-state index in [9.17, 15) is 9.59 Å². The van der Waals surface area contributed by atoms with Crippen molar-refractivity contribution < 1.29 is 9.59 Å². The fourth-order valence-corrected chi connectivity index (χ4v) is 4.38. The molecule has 4 heteroatoms. The second-order valence-corrected chi connectivity index (χ2v) is 10.1. The topological polar surface area (TPSA) is 40.6 Å². The zero-order valence-electron chi connectivity index (χ0n) is 17.4. The Morgan fingerprint density at radius 1 is 0.840 bits per heavy atom. The number of Topliss-reactive ketones (excluding diaryl/α,β-unsaturated/α-hetero) is 1. The van der Waals surface area contributed by atoms with Gasteiger partial charge in [0, 0.05) is 35.4 Å². The fourth-order valence-electron chi connectivity index (χ4n) is 4.38. The Labute approximate surface area is 154 Å². The van der Waals surface area contributed by atoms with E-state index in [0.29, 0.717) is 11.7 Å². The molecule has 0 aliphatic carbocycles. The molecule has 2 fully saturated rings. The summed E-state index contributed by atoms with van der Waals surface area (Å²) in [5.41, 5.74) is -0.0939. The molecule has 4 nitrogen and oxygen atoms in total. The smallest absolute Gasteiger partial charge is 0.226 e. The molecule has 2 saturated heterocycles. The van der Waals surface area contributed by atoms with Crippen LogP contribution in [0.2, 0.25) is 0 Å². The summed E-state index contributed by atoms with van der Waals surface area (Å²) in [6.07, 6.45) is 3.57. The third kappa shape index (κ3) is 4.84. The molecule has 0 aromatic carbocycles. The molecule has 2 unspecified atom stereocenters. The lowest BCUT2D eigenvalue weighted by molar-refractivity contribution is -0.144. The fraction of sp³-hybridized carbons (Fsp3) is 0.905. The summed E-state index contributed by atoms with van der Waals surface area (Å²) in [6.45, 7) is 17.6. The molecule has 0 aromatic heterocycles. The zero-order chi connectivity index (χ0) is 19.0. The van der Waals surface area contributed by atoms with Crippen molar-refractivity contribution in [3.63, 3.8) is 0 Å². The van der Waals surface area contributed by atoms with Crippen LogP contribution in [0.5, 0.6) is 0 Å². The summed E-state index contributed by atoms with van der Waals surface area (Å²) in [7, 11) is 0. The van der Waals surface area contributed by atoms with Gasteiger partial charge in [-0.05, 0) is 66.5 Å². The molecule has 2 aliphatic rings. The summed E-state index contributed by atoms with van der Waals surface area (Å²) in [6, 6.07) is 0.179. The van der Waals surface area contributed by atoms with Gasteiger partial charge < -0.3 is 4.90 Å². The molecule has 0 radical (unpaired) electrons. The summed E-state index contributed by atoms with van der Waals surface area (Å²) < 4.78 is 0. The molecule has 2 heterocycles. The maximum absolute atomic E-state index is 13.0. The first kappa shape index (κ1) is 20.4. The SMILES string of the molecule is CC1CC(C(=O)C(C)(C)C)CCN1C(=O)C1CCN(C(C)(C)C)CC1. The minimum atomic E-state index is -0.281. The lowest BCUT2D eigenvalue weighted by Gasteiger charge is -2.44. The van der Waals surface area contributed by atoms with Gasteiger partial charge >= 0.3 is 0 Å². The highest BCUT2D eigenvalue weighted by Crippen LogP contribution is 2.32. The highest BCUT2D eigenvalue weighted by Gasteiger charge is 2.39. The van der Waals surface area contributed by atoms with E-state index in [2.05, 4.69) is 37.5 Å². The number of hydrogen-bond donors (Lipinski definition) is 0. The molecule has 1 amide bonds. The second-order valence-electron chi connectivity index (χ2n) is 10.1. The van der Waals surface area contributed by atoms with Crippen molar-refractivity contribution in [1.29, 1.82) is 0 Å². The van der Waals surface area contributed by atoms with Crippen molar-refractivity contribution in [3.05, 3.63) is 0 Å². The molecule has 0 bridgehead atoms. The van der Waals surface area contributed by atoms with Crippen molar-refractivity contribution >= 4 is 11.7 Å². The Morgan fingerprint density at radius 3 is 1.80 bits per heavy atom. The molecule has 144 valence electrons. The highest BCUT2D eigenvalue weighted by molar-refractivity contribution is 5.86. The standard InChI is InChI=1S/C21H38N2O2/c1-15-14-17(18(24)20(2,3)4)10-13-23(15)19(25)16-8-11-22(12-9-16)21(5,6)7/h15-17H,8-14H2,1-7H3. The van der Waals surface area contributed by atoms with E-state index in [1.165, 1.54) is 0 Å². The van der Waals surface area contributed by atoms with E-state index >= 15 is 0 Å². The van der Waals surface area contributed by atoms with E-state index in [1.54, 1.807) is 0 Å². The monoisotopic (exact) mass is 350 g/mol. The van der Waals surface area contributed by atoms with Gasteiger partial charge in [-0.15, -0.1) is 0 Å². The molecule has 0 spiro atoms. The van der Waals surface area contributed by atoms with Crippen LogP contribution < -0.4 is 0 Å². The molecule has 2 rings (SSSR count). The van der Waals surface area contributed by atoms with Crippen molar-refractivity contribution in [2.24, 2.45) is 17.3 Å². The van der Waals surface area contributed by atoms with Gasteiger partial charge in [0.05, 0.1) is 0 Å². The highest BCUT2D eigenvalue weighted by atomic mass is 16.2. The minimum Gasteiger partial charge on any atom is -0.340 e. The molecule has 2 aliphatic heterocycles. The van der Waals surface area contributed by atoms with Crippen molar-refractivity contribution in [3.8, 4) is 0 Å². The van der Waals surface area contributed by atoms with Crippen LogP contribution in [0.1, 0.15) is 74.1 Å². The molecule has 2 atom stereocenters. The van der Waals surface area contributed by atoms with Gasteiger partial charge in [0.25, 0.3) is 0 Å². The van der Waals surface area contributed by atoms with Crippen LogP contribution in [0.15, 0.2) is 0 Å². The van der Waals surface area contributed by atoms with E-state index < -0.39 is 0 Å². The van der Waals surface area contributed by atoms with Crippen LogP contribution in [0.4, 0.5) is 0 Å². The number of likely N-dealkylation sites (tertiary alicyclic amines) is 2. The number of rotatable bonds is 2. The predicted octanol–water partition coefficient (Wildman–Crippen LogP) is 3.74. The molecule has 0 N–H and O–H groups in total. The van der Waals surface area contributed by atoms with Crippen molar-refractivity contribution in [2.45, 2.75) is 85.7 Å². The number of nitrogens with zero attached hydrogens (tertiary/aromatic N) is 2. The summed E-state index contributed by atoms with van der Waals surface area (Å²) in [4.78, 5) is 30.1. The summed E-state index contributed by atoms with van der Waals surface area (Å²) in [5, 5.41) is 0. The van der Waals surface area contributed by atoms with Crippen LogP contribution in [0, 0.1) is 17.3 Å². The first-order valence-corrected chi connectivity index (χ1v) is 10.0. The molecule has 0 aromatic rings. The van der Waals surface area contributed by atoms with Gasteiger partial charge in [-0.3, -0.25) is 14.5 Å². The Kier molecular flexibility index (Phi) is 6.03. The van der Waals surface area contributed by atoms with Crippen LogP contribution in [0.25, 0.3) is 0 Å². The van der Waals surface area contributed by atoms with E-state index in [4.69, 9.17) is 0 Å². The van der Waals surface area contributed by atoms with E-state index in [0.717, 1.165) is 45.3 Å². The molecule has 0 saturated carbocycles. The van der Waals surface area contributed by atoms with E-state index in [1.807, 2.05) is 20.8 Å². The lowest BCUT2D eigenvalue weighted by Crippen LogP contribution is -2.52. The molecule has 25 heavy (non-hydrogen) atoms. The normalized spacial score (nSPS) is 27.4. The minimum absolute atomic E-state index is 0.113.